The Hall–Kier alpha value is -1.86. The van der Waals surface area contributed by atoms with Gasteiger partial charge in [0.15, 0.2) is 0 Å². The third-order valence-corrected chi connectivity index (χ3v) is 3.14. The van der Waals surface area contributed by atoms with E-state index in [1.54, 1.807) is 6.20 Å². The Morgan fingerprint density at radius 3 is 2.76 bits per heavy atom. The van der Waals surface area contributed by atoms with Crippen LogP contribution in [0.25, 0.3) is 17.7 Å². The molecule has 0 fully saturated rings. The number of rotatable bonds is 0. The molecule has 0 unspecified atom stereocenters. The van der Waals surface area contributed by atoms with Gasteiger partial charge in [-0.1, -0.05) is 42.5 Å². The lowest BCUT2D eigenvalue weighted by atomic mass is 9.99. The molecule has 2 aromatic rings. The quantitative estimate of drug-likeness (QED) is 0.571. The maximum absolute atomic E-state index is 6.01. The zero-order valence-corrected chi connectivity index (χ0v) is 9.91. The fourth-order valence-electron chi connectivity index (χ4n) is 2.06. The third kappa shape index (κ3) is 1.69. The molecule has 0 aliphatic heterocycles. The minimum absolute atomic E-state index is 0.736. The van der Waals surface area contributed by atoms with Crippen molar-refractivity contribution in [2.75, 3.05) is 0 Å². The Kier molecular flexibility index (Phi) is 2.34. The molecule has 1 heterocycles. The molecular weight excluding hydrogens is 230 g/mol. The summed E-state index contributed by atoms with van der Waals surface area (Å²) in [7, 11) is 0. The van der Waals surface area contributed by atoms with Crippen LogP contribution in [0.4, 0.5) is 0 Å². The highest BCUT2D eigenvalue weighted by Crippen LogP contribution is 2.32. The molecule has 0 N–H and O–H groups in total. The molecule has 1 nitrogen and oxygen atoms in total. The van der Waals surface area contributed by atoms with Crippen molar-refractivity contribution in [3.63, 3.8) is 0 Å². The van der Waals surface area contributed by atoms with Gasteiger partial charge in [0.2, 0.25) is 0 Å². The van der Waals surface area contributed by atoms with E-state index in [0.29, 0.717) is 0 Å². The largest absolute Gasteiger partial charge is 0.256 e. The average Bonchev–Trinajstić information content (AvgIpc) is 2.48. The average molecular weight is 240 g/mol. The summed E-state index contributed by atoms with van der Waals surface area (Å²) < 4.78 is 0. The Bertz CT molecular complexity index is 641. The molecule has 1 aliphatic rings. The fraction of sp³-hybridized carbons (Fsp3) is 0. The van der Waals surface area contributed by atoms with Crippen molar-refractivity contribution >= 4 is 29.3 Å². The highest BCUT2D eigenvalue weighted by molar-refractivity contribution is 6.30. The molecule has 0 spiro atoms. The van der Waals surface area contributed by atoms with E-state index in [-0.39, 0.29) is 0 Å². The number of nitrogens with zero attached hydrogens (tertiary/aromatic N) is 1. The summed E-state index contributed by atoms with van der Waals surface area (Å²) in [5.41, 5.74) is 5.13. The van der Waals surface area contributed by atoms with E-state index in [2.05, 4.69) is 23.7 Å². The Labute approximate surface area is 105 Å². The van der Waals surface area contributed by atoms with Crippen molar-refractivity contribution in [2.24, 2.45) is 0 Å². The van der Waals surface area contributed by atoms with E-state index >= 15 is 0 Å². The third-order valence-electron chi connectivity index (χ3n) is 2.91. The normalized spacial score (nSPS) is 12.9. The van der Waals surface area contributed by atoms with Gasteiger partial charge in [-0.15, -0.1) is 0 Å². The standard InChI is InChI=1S/C15H10ClN/c1-10-14-7-6-13(16)9-12(14)5-4-11-3-2-8-17-15(10)11/h2-9H,1H2. The van der Waals surface area contributed by atoms with Gasteiger partial charge >= 0.3 is 0 Å². The van der Waals surface area contributed by atoms with Gasteiger partial charge in [-0.2, -0.15) is 0 Å². The second-order valence-electron chi connectivity index (χ2n) is 3.98. The number of hydrogen-bond acceptors (Lipinski definition) is 1. The molecule has 82 valence electrons. The van der Waals surface area contributed by atoms with Gasteiger partial charge in [0.1, 0.15) is 0 Å². The smallest absolute Gasteiger partial charge is 0.0774 e. The van der Waals surface area contributed by atoms with Crippen molar-refractivity contribution in [2.45, 2.75) is 0 Å². The van der Waals surface area contributed by atoms with E-state index in [1.165, 1.54) is 0 Å². The first-order chi connectivity index (χ1) is 8.25. The molecule has 3 rings (SSSR count). The zero-order chi connectivity index (χ0) is 11.8. The highest BCUT2D eigenvalue weighted by atomic mass is 35.5. The second-order valence-corrected chi connectivity index (χ2v) is 4.42. The van der Waals surface area contributed by atoms with Crippen molar-refractivity contribution in [1.82, 2.24) is 4.98 Å². The lowest BCUT2D eigenvalue weighted by Crippen LogP contribution is -1.93. The van der Waals surface area contributed by atoms with E-state index < -0.39 is 0 Å². The number of aromatic nitrogens is 1. The Morgan fingerprint density at radius 1 is 1.06 bits per heavy atom. The highest BCUT2D eigenvalue weighted by Gasteiger charge is 2.13. The maximum atomic E-state index is 6.01. The summed E-state index contributed by atoms with van der Waals surface area (Å²) >= 11 is 6.01. The first kappa shape index (κ1) is 10.3. The van der Waals surface area contributed by atoms with Crippen LogP contribution in [0.2, 0.25) is 5.02 Å². The molecule has 0 bridgehead atoms. The number of benzene rings is 1. The van der Waals surface area contributed by atoms with Crippen LogP contribution in [0.3, 0.4) is 0 Å². The fourth-order valence-corrected chi connectivity index (χ4v) is 2.24. The van der Waals surface area contributed by atoms with E-state index in [9.17, 15) is 0 Å². The number of fused-ring (bicyclic) bond motifs is 2. The minimum Gasteiger partial charge on any atom is -0.256 e. The summed E-state index contributed by atoms with van der Waals surface area (Å²) in [6, 6.07) is 9.79. The van der Waals surface area contributed by atoms with E-state index in [0.717, 1.165) is 33.0 Å². The Morgan fingerprint density at radius 2 is 1.88 bits per heavy atom. The van der Waals surface area contributed by atoms with Gasteiger partial charge in [0, 0.05) is 22.4 Å². The van der Waals surface area contributed by atoms with Crippen molar-refractivity contribution in [3.8, 4) is 0 Å². The zero-order valence-electron chi connectivity index (χ0n) is 9.15. The summed E-state index contributed by atoms with van der Waals surface area (Å²) in [6.45, 7) is 4.14. The van der Waals surface area contributed by atoms with Crippen molar-refractivity contribution < 1.29 is 0 Å². The van der Waals surface area contributed by atoms with E-state index in [4.69, 9.17) is 11.6 Å². The molecule has 17 heavy (non-hydrogen) atoms. The van der Waals surface area contributed by atoms with Crippen LogP contribution >= 0.6 is 11.6 Å². The Balaban J connectivity index is 2.28. The molecule has 1 aromatic heterocycles. The number of halogens is 1. The summed E-state index contributed by atoms with van der Waals surface area (Å²) in [5.74, 6) is 0. The molecule has 2 heteroatoms. The van der Waals surface area contributed by atoms with Gasteiger partial charge in [0.25, 0.3) is 0 Å². The van der Waals surface area contributed by atoms with Crippen LogP contribution in [-0.2, 0) is 0 Å². The van der Waals surface area contributed by atoms with Gasteiger partial charge < -0.3 is 0 Å². The van der Waals surface area contributed by atoms with E-state index in [1.807, 2.05) is 30.3 Å². The van der Waals surface area contributed by atoms with Gasteiger partial charge in [-0.05, 0) is 29.3 Å². The summed E-state index contributed by atoms with van der Waals surface area (Å²) in [6.07, 6.45) is 5.90. The second kappa shape index (κ2) is 3.86. The molecule has 1 aromatic carbocycles. The van der Waals surface area contributed by atoms with Crippen molar-refractivity contribution in [3.05, 3.63) is 70.5 Å². The summed E-state index contributed by atoms with van der Waals surface area (Å²) in [5, 5.41) is 0.736. The first-order valence-corrected chi connectivity index (χ1v) is 5.76. The van der Waals surface area contributed by atoms with Crippen LogP contribution in [0, 0.1) is 0 Å². The molecule has 0 amide bonds. The van der Waals surface area contributed by atoms with Crippen LogP contribution in [0.5, 0.6) is 0 Å². The maximum Gasteiger partial charge on any atom is 0.0774 e. The van der Waals surface area contributed by atoms with Crippen molar-refractivity contribution in [1.29, 1.82) is 0 Å². The SMILES string of the molecule is C=C1c2ccc(Cl)cc2C=Cc2cccnc21. The molecular formula is C15H10ClN. The van der Waals surface area contributed by atoms with Gasteiger partial charge in [-0.25, -0.2) is 0 Å². The topological polar surface area (TPSA) is 12.9 Å². The predicted octanol–water partition coefficient (Wildman–Crippen LogP) is 4.28. The van der Waals surface area contributed by atoms with Crippen LogP contribution in [-0.4, -0.2) is 4.98 Å². The minimum atomic E-state index is 0.736. The molecule has 0 radical (unpaired) electrons. The van der Waals surface area contributed by atoms with Crippen LogP contribution < -0.4 is 0 Å². The van der Waals surface area contributed by atoms with Gasteiger partial charge in [-0.3, -0.25) is 4.98 Å². The predicted molar refractivity (Wildman–Crippen MR) is 72.8 cm³/mol. The summed E-state index contributed by atoms with van der Waals surface area (Å²) in [4.78, 5) is 4.40. The number of hydrogen-bond donors (Lipinski definition) is 0. The molecule has 1 aliphatic carbocycles. The molecule has 0 saturated carbocycles. The monoisotopic (exact) mass is 239 g/mol. The van der Waals surface area contributed by atoms with Crippen LogP contribution in [0.15, 0.2) is 43.1 Å². The van der Waals surface area contributed by atoms with Crippen LogP contribution in [0.1, 0.15) is 22.4 Å². The first-order valence-electron chi connectivity index (χ1n) is 5.38. The molecule has 0 saturated heterocycles. The lowest BCUT2D eigenvalue weighted by molar-refractivity contribution is 1.26. The lowest BCUT2D eigenvalue weighted by Gasteiger charge is -2.08. The number of pyridine rings is 1. The molecule has 0 atom stereocenters. The van der Waals surface area contributed by atoms with Gasteiger partial charge in [0.05, 0.1) is 5.69 Å².